The van der Waals surface area contributed by atoms with Crippen molar-refractivity contribution in [2.75, 3.05) is 0 Å². The minimum absolute atomic E-state index is 0.895. The van der Waals surface area contributed by atoms with Crippen LogP contribution >= 0.6 is 31.9 Å². The molecule has 0 aliphatic carbocycles. The first kappa shape index (κ1) is 12.9. The molecule has 0 spiro atoms. The largest absolute Gasteiger partial charge is 0.338 e. The van der Waals surface area contributed by atoms with Gasteiger partial charge >= 0.3 is 0 Å². The van der Waals surface area contributed by atoms with Crippen LogP contribution in [0.5, 0.6) is 0 Å². The number of rotatable bonds is 1. The second-order valence-corrected chi connectivity index (χ2v) is 6.46. The van der Waals surface area contributed by atoms with E-state index in [1.165, 1.54) is 5.56 Å². The third-order valence-electron chi connectivity index (χ3n) is 3.12. The monoisotopic (exact) mass is 378 g/mol. The lowest BCUT2D eigenvalue weighted by molar-refractivity contribution is 1.31. The molecule has 3 rings (SSSR count). The number of H-pyrrole nitrogens is 1. The molecule has 0 radical (unpaired) electrons. The van der Waals surface area contributed by atoms with Gasteiger partial charge in [0.25, 0.3) is 0 Å². The summed E-state index contributed by atoms with van der Waals surface area (Å²) in [5, 5.41) is 0. The summed E-state index contributed by atoms with van der Waals surface area (Å²) in [4.78, 5) is 8.11. The second kappa shape index (κ2) is 4.76. The van der Waals surface area contributed by atoms with Crippen molar-refractivity contribution in [2.45, 2.75) is 13.8 Å². The zero-order chi connectivity index (χ0) is 13.6. The average Bonchev–Trinajstić information content (AvgIpc) is 2.76. The number of benzene rings is 2. The smallest absolute Gasteiger partial charge is 0.139 e. The van der Waals surface area contributed by atoms with Gasteiger partial charge in [0.05, 0.1) is 11.0 Å². The number of nitrogens with one attached hydrogen (secondary N) is 1. The summed E-state index contributed by atoms with van der Waals surface area (Å²) in [6, 6.07) is 10.4. The van der Waals surface area contributed by atoms with Gasteiger partial charge in [-0.3, -0.25) is 0 Å². The highest BCUT2D eigenvalue weighted by Crippen LogP contribution is 2.30. The number of halogens is 2. The molecule has 1 heterocycles. The van der Waals surface area contributed by atoms with E-state index in [1.807, 2.05) is 0 Å². The van der Waals surface area contributed by atoms with Gasteiger partial charge < -0.3 is 4.98 Å². The highest BCUT2D eigenvalue weighted by molar-refractivity contribution is 9.10. The van der Waals surface area contributed by atoms with Crippen LogP contribution in [0, 0.1) is 13.8 Å². The van der Waals surface area contributed by atoms with Crippen LogP contribution in [0.15, 0.2) is 39.3 Å². The Labute approximate surface area is 128 Å². The topological polar surface area (TPSA) is 28.7 Å². The quantitative estimate of drug-likeness (QED) is 0.604. The van der Waals surface area contributed by atoms with Crippen LogP contribution in [0.2, 0.25) is 0 Å². The lowest BCUT2D eigenvalue weighted by atomic mass is 10.1. The van der Waals surface area contributed by atoms with E-state index in [0.29, 0.717) is 0 Å². The maximum absolute atomic E-state index is 4.72. The molecule has 0 saturated carbocycles. The van der Waals surface area contributed by atoms with Gasteiger partial charge in [-0.15, -0.1) is 0 Å². The highest BCUT2D eigenvalue weighted by Gasteiger charge is 2.11. The fraction of sp³-hybridized carbons (Fsp3) is 0.133. The molecule has 0 aliphatic heterocycles. The Kier molecular flexibility index (Phi) is 3.23. The number of aromatic nitrogens is 2. The molecule has 0 unspecified atom stereocenters. The number of aromatic amines is 1. The van der Waals surface area contributed by atoms with Crippen LogP contribution in [0.3, 0.4) is 0 Å². The van der Waals surface area contributed by atoms with Crippen molar-refractivity contribution in [1.82, 2.24) is 9.97 Å². The number of fused-ring (bicyclic) bond motifs is 1. The van der Waals surface area contributed by atoms with E-state index < -0.39 is 0 Å². The van der Waals surface area contributed by atoms with E-state index in [-0.39, 0.29) is 0 Å². The maximum Gasteiger partial charge on any atom is 0.139 e. The molecule has 2 aromatic carbocycles. The molecule has 0 bridgehead atoms. The Bertz CT molecular complexity index is 775. The molecule has 1 N–H and O–H groups in total. The first-order valence-electron chi connectivity index (χ1n) is 5.97. The van der Waals surface area contributed by atoms with Crippen LogP contribution in [-0.4, -0.2) is 9.97 Å². The summed E-state index contributed by atoms with van der Waals surface area (Å²) in [5.74, 6) is 0.895. The third kappa shape index (κ3) is 2.35. The van der Waals surface area contributed by atoms with Crippen LogP contribution < -0.4 is 0 Å². The van der Waals surface area contributed by atoms with E-state index in [0.717, 1.165) is 36.9 Å². The fourth-order valence-electron chi connectivity index (χ4n) is 2.19. The molecule has 0 fully saturated rings. The van der Waals surface area contributed by atoms with Gasteiger partial charge in [0.15, 0.2) is 0 Å². The molecule has 3 aromatic rings. The molecule has 19 heavy (non-hydrogen) atoms. The van der Waals surface area contributed by atoms with Crippen molar-refractivity contribution in [3.05, 3.63) is 50.4 Å². The summed E-state index contributed by atoms with van der Waals surface area (Å²) in [6.45, 7) is 4.16. The Balaban J connectivity index is 2.26. The molecule has 0 aliphatic rings. The molecule has 0 atom stereocenters. The van der Waals surface area contributed by atoms with Gasteiger partial charge in [0.1, 0.15) is 5.82 Å². The summed E-state index contributed by atoms with van der Waals surface area (Å²) in [6.07, 6.45) is 0. The summed E-state index contributed by atoms with van der Waals surface area (Å²) in [7, 11) is 0. The van der Waals surface area contributed by atoms with Crippen LogP contribution in [0.1, 0.15) is 11.1 Å². The van der Waals surface area contributed by atoms with Crippen LogP contribution in [0.4, 0.5) is 0 Å². The first-order valence-corrected chi connectivity index (χ1v) is 7.55. The molecule has 1 aromatic heterocycles. The van der Waals surface area contributed by atoms with Crippen molar-refractivity contribution in [1.29, 1.82) is 0 Å². The van der Waals surface area contributed by atoms with Crippen molar-refractivity contribution in [2.24, 2.45) is 0 Å². The number of hydrogen-bond donors (Lipinski definition) is 1. The second-order valence-electron chi connectivity index (χ2n) is 4.69. The van der Waals surface area contributed by atoms with Gasteiger partial charge in [-0.1, -0.05) is 43.5 Å². The summed E-state index contributed by atoms with van der Waals surface area (Å²) < 4.78 is 2.12. The summed E-state index contributed by atoms with van der Waals surface area (Å²) in [5.41, 5.74) is 5.54. The van der Waals surface area contributed by atoms with Gasteiger partial charge in [-0.05, 0) is 43.7 Å². The van der Waals surface area contributed by atoms with Gasteiger partial charge in [-0.25, -0.2) is 4.98 Å². The zero-order valence-electron chi connectivity index (χ0n) is 10.6. The van der Waals surface area contributed by atoms with E-state index in [2.05, 4.69) is 81.0 Å². The van der Waals surface area contributed by atoms with Gasteiger partial charge in [0, 0.05) is 14.5 Å². The molecule has 0 saturated heterocycles. The van der Waals surface area contributed by atoms with E-state index in [4.69, 9.17) is 4.98 Å². The standard InChI is InChI=1S/C15H12Br2N2/c1-8-3-4-12(17)11(5-8)15-18-13-7-10(16)6-9(2)14(13)19-15/h3-7H,1-2H3,(H,18,19). The molecular formula is C15H12Br2N2. The van der Waals surface area contributed by atoms with E-state index in [1.54, 1.807) is 0 Å². The minimum atomic E-state index is 0.895. The first-order chi connectivity index (χ1) is 9.04. The number of imidazole rings is 1. The summed E-state index contributed by atoms with van der Waals surface area (Å²) >= 11 is 7.11. The predicted molar refractivity (Wildman–Crippen MR) is 86.4 cm³/mol. The van der Waals surface area contributed by atoms with Gasteiger partial charge in [0.2, 0.25) is 0 Å². The van der Waals surface area contributed by atoms with Crippen molar-refractivity contribution in [3.63, 3.8) is 0 Å². The zero-order valence-corrected chi connectivity index (χ0v) is 13.8. The average molecular weight is 380 g/mol. The molecule has 0 amide bonds. The lowest BCUT2D eigenvalue weighted by Crippen LogP contribution is -1.84. The molecule has 96 valence electrons. The SMILES string of the molecule is Cc1ccc(Br)c(-c2nc3c(C)cc(Br)cc3[nH]2)c1. The number of hydrogen-bond acceptors (Lipinski definition) is 1. The normalized spacial score (nSPS) is 11.2. The van der Waals surface area contributed by atoms with Crippen molar-refractivity contribution < 1.29 is 0 Å². The Hall–Kier alpha value is -1.13. The van der Waals surface area contributed by atoms with Crippen LogP contribution in [-0.2, 0) is 0 Å². The lowest BCUT2D eigenvalue weighted by Gasteiger charge is -2.01. The van der Waals surface area contributed by atoms with Gasteiger partial charge in [-0.2, -0.15) is 0 Å². The molecule has 4 heteroatoms. The molecule has 2 nitrogen and oxygen atoms in total. The Morgan fingerprint density at radius 2 is 1.84 bits per heavy atom. The maximum atomic E-state index is 4.72. The van der Waals surface area contributed by atoms with E-state index in [9.17, 15) is 0 Å². The number of aryl methyl sites for hydroxylation is 2. The fourth-order valence-corrected chi connectivity index (χ4v) is 3.20. The highest BCUT2D eigenvalue weighted by atomic mass is 79.9. The molecular weight excluding hydrogens is 368 g/mol. The Morgan fingerprint density at radius 3 is 2.63 bits per heavy atom. The Morgan fingerprint density at radius 1 is 1.05 bits per heavy atom. The number of nitrogens with zero attached hydrogens (tertiary/aromatic N) is 1. The third-order valence-corrected chi connectivity index (χ3v) is 4.27. The van der Waals surface area contributed by atoms with Crippen molar-refractivity contribution >= 4 is 42.9 Å². The van der Waals surface area contributed by atoms with Crippen LogP contribution in [0.25, 0.3) is 22.4 Å². The predicted octanol–water partition coefficient (Wildman–Crippen LogP) is 5.37. The minimum Gasteiger partial charge on any atom is -0.338 e. The van der Waals surface area contributed by atoms with Crippen molar-refractivity contribution in [3.8, 4) is 11.4 Å². The van der Waals surface area contributed by atoms with E-state index >= 15 is 0 Å².